The average molecular weight is 332 g/mol. The van der Waals surface area contributed by atoms with Gasteiger partial charge >= 0.3 is 0 Å². The van der Waals surface area contributed by atoms with Crippen molar-refractivity contribution < 1.29 is 9.59 Å². The number of hydrogen-bond acceptors (Lipinski definition) is 4. The van der Waals surface area contributed by atoms with Crippen LogP contribution in [0.25, 0.3) is 0 Å². The highest BCUT2D eigenvalue weighted by Crippen LogP contribution is 2.37. The first kappa shape index (κ1) is 15.7. The first-order valence-electron chi connectivity index (χ1n) is 7.61. The SMILES string of the molecule is Cc1nn(C)c(C)c1C1CCCN1C(=O)c1ccc(C(N)=O)s1. The zero-order chi connectivity index (χ0) is 16.7. The Labute approximate surface area is 138 Å². The molecule has 1 saturated heterocycles. The maximum atomic E-state index is 12.9. The second-order valence-corrected chi connectivity index (χ2v) is 6.98. The van der Waals surface area contributed by atoms with Gasteiger partial charge in [0.2, 0.25) is 0 Å². The summed E-state index contributed by atoms with van der Waals surface area (Å²) in [7, 11) is 1.92. The van der Waals surface area contributed by atoms with E-state index in [-0.39, 0.29) is 11.9 Å². The number of nitrogens with two attached hydrogens (primary N) is 1. The van der Waals surface area contributed by atoms with Gasteiger partial charge in [-0.2, -0.15) is 5.10 Å². The molecule has 0 spiro atoms. The van der Waals surface area contributed by atoms with Gasteiger partial charge in [0, 0.05) is 24.8 Å². The fourth-order valence-electron chi connectivity index (χ4n) is 3.31. The number of likely N-dealkylation sites (tertiary alicyclic amines) is 1. The molecular formula is C16H20N4O2S. The summed E-state index contributed by atoms with van der Waals surface area (Å²) in [5, 5.41) is 4.47. The lowest BCUT2D eigenvalue weighted by Crippen LogP contribution is -2.30. The topological polar surface area (TPSA) is 81.2 Å². The minimum atomic E-state index is -0.494. The van der Waals surface area contributed by atoms with Gasteiger partial charge in [-0.25, -0.2) is 0 Å². The van der Waals surface area contributed by atoms with Crippen molar-refractivity contribution >= 4 is 23.2 Å². The van der Waals surface area contributed by atoms with Crippen LogP contribution < -0.4 is 5.73 Å². The molecule has 1 aliphatic heterocycles. The van der Waals surface area contributed by atoms with Crippen LogP contribution in [-0.2, 0) is 7.05 Å². The molecule has 7 heteroatoms. The fraction of sp³-hybridized carbons (Fsp3) is 0.438. The Morgan fingerprint density at radius 3 is 2.57 bits per heavy atom. The molecule has 0 saturated carbocycles. The number of primary amides is 1. The molecule has 122 valence electrons. The van der Waals surface area contributed by atoms with E-state index in [4.69, 9.17) is 5.73 Å². The molecule has 0 aliphatic carbocycles. The summed E-state index contributed by atoms with van der Waals surface area (Å²) in [5.41, 5.74) is 8.49. The van der Waals surface area contributed by atoms with E-state index in [1.54, 1.807) is 12.1 Å². The molecule has 1 aliphatic rings. The van der Waals surface area contributed by atoms with Crippen LogP contribution in [0.4, 0.5) is 0 Å². The standard InChI is InChI=1S/C16H20N4O2S/c1-9-14(10(2)19(3)18-9)11-5-4-8-20(11)16(22)13-7-6-12(23-13)15(17)21/h6-7,11H,4-5,8H2,1-3H3,(H2,17,21). The van der Waals surface area contributed by atoms with E-state index < -0.39 is 5.91 Å². The van der Waals surface area contributed by atoms with Crippen LogP contribution in [0.15, 0.2) is 12.1 Å². The summed E-state index contributed by atoms with van der Waals surface area (Å²) < 4.78 is 1.86. The minimum Gasteiger partial charge on any atom is -0.365 e. The smallest absolute Gasteiger partial charge is 0.264 e. The zero-order valence-corrected chi connectivity index (χ0v) is 14.3. The van der Waals surface area contributed by atoms with E-state index in [2.05, 4.69) is 5.10 Å². The number of thiophene rings is 1. The van der Waals surface area contributed by atoms with Crippen LogP contribution in [0.3, 0.4) is 0 Å². The van der Waals surface area contributed by atoms with Gasteiger partial charge in [0.1, 0.15) is 0 Å². The van der Waals surface area contributed by atoms with E-state index in [9.17, 15) is 9.59 Å². The summed E-state index contributed by atoms with van der Waals surface area (Å²) in [5.74, 6) is -0.529. The Kier molecular flexibility index (Phi) is 3.97. The second kappa shape index (κ2) is 5.81. The average Bonchev–Trinajstić information content (AvgIpc) is 3.19. The maximum Gasteiger partial charge on any atom is 0.264 e. The number of aromatic nitrogens is 2. The summed E-state index contributed by atoms with van der Waals surface area (Å²) in [6.07, 6.45) is 1.91. The van der Waals surface area contributed by atoms with Crippen molar-refractivity contribution in [3.63, 3.8) is 0 Å². The first-order chi connectivity index (χ1) is 10.9. The van der Waals surface area contributed by atoms with Crippen molar-refractivity contribution in [2.24, 2.45) is 12.8 Å². The molecular weight excluding hydrogens is 312 g/mol. The highest BCUT2D eigenvalue weighted by molar-refractivity contribution is 7.15. The number of carbonyl (C=O) groups is 2. The Hall–Kier alpha value is -2.15. The molecule has 2 aromatic heterocycles. The third kappa shape index (κ3) is 2.65. The van der Waals surface area contributed by atoms with Crippen LogP contribution in [0, 0.1) is 13.8 Å². The van der Waals surface area contributed by atoms with Gasteiger partial charge in [-0.15, -0.1) is 11.3 Å². The lowest BCUT2D eigenvalue weighted by molar-refractivity contribution is 0.0740. The monoisotopic (exact) mass is 332 g/mol. The largest absolute Gasteiger partial charge is 0.365 e. The van der Waals surface area contributed by atoms with Crippen molar-refractivity contribution in [2.75, 3.05) is 6.54 Å². The lowest BCUT2D eigenvalue weighted by atomic mass is 10.0. The predicted molar refractivity (Wildman–Crippen MR) is 88.5 cm³/mol. The van der Waals surface area contributed by atoms with Gasteiger partial charge in [-0.1, -0.05) is 0 Å². The summed E-state index contributed by atoms with van der Waals surface area (Å²) in [4.78, 5) is 27.0. The number of aryl methyl sites for hydroxylation is 2. The molecule has 2 amide bonds. The molecule has 23 heavy (non-hydrogen) atoms. The normalized spacial score (nSPS) is 17.7. The fourth-order valence-corrected chi connectivity index (χ4v) is 4.12. The molecule has 3 heterocycles. The number of nitrogens with zero attached hydrogens (tertiary/aromatic N) is 3. The van der Waals surface area contributed by atoms with E-state index in [1.807, 2.05) is 30.5 Å². The molecule has 0 bridgehead atoms. The van der Waals surface area contributed by atoms with E-state index in [0.717, 1.165) is 47.7 Å². The van der Waals surface area contributed by atoms with Crippen molar-refractivity contribution in [1.29, 1.82) is 0 Å². The second-order valence-electron chi connectivity index (χ2n) is 5.89. The van der Waals surface area contributed by atoms with E-state index >= 15 is 0 Å². The van der Waals surface area contributed by atoms with Crippen LogP contribution in [0.1, 0.15) is 55.2 Å². The molecule has 1 fully saturated rings. The lowest BCUT2D eigenvalue weighted by Gasteiger charge is -2.25. The number of amides is 2. The van der Waals surface area contributed by atoms with Crippen LogP contribution >= 0.6 is 11.3 Å². The molecule has 3 rings (SSSR count). The van der Waals surface area contributed by atoms with Crippen LogP contribution in [-0.4, -0.2) is 33.0 Å². The number of hydrogen-bond donors (Lipinski definition) is 1. The predicted octanol–water partition coefficient (Wildman–Crippen LogP) is 2.17. The van der Waals surface area contributed by atoms with Crippen LogP contribution in [0.5, 0.6) is 0 Å². The number of carbonyl (C=O) groups excluding carboxylic acids is 2. The van der Waals surface area contributed by atoms with Gasteiger partial charge in [-0.3, -0.25) is 14.3 Å². The van der Waals surface area contributed by atoms with Crippen molar-refractivity contribution in [3.8, 4) is 0 Å². The third-order valence-corrected chi connectivity index (χ3v) is 5.56. The quantitative estimate of drug-likeness (QED) is 0.935. The highest BCUT2D eigenvalue weighted by atomic mass is 32.1. The summed E-state index contributed by atoms with van der Waals surface area (Å²) >= 11 is 1.16. The minimum absolute atomic E-state index is 0.0346. The first-order valence-corrected chi connectivity index (χ1v) is 8.42. The van der Waals surface area contributed by atoms with E-state index in [0.29, 0.717) is 9.75 Å². The van der Waals surface area contributed by atoms with Gasteiger partial charge < -0.3 is 10.6 Å². The van der Waals surface area contributed by atoms with Crippen molar-refractivity contribution in [2.45, 2.75) is 32.7 Å². The Balaban J connectivity index is 1.91. The summed E-state index contributed by atoms with van der Waals surface area (Å²) in [6.45, 7) is 4.74. The Morgan fingerprint density at radius 2 is 2.00 bits per heavy atom. The summed E-state index contributed by atoms with van der Waals surface area (Å²) in [6, 6.07) is 3.35. The van der Waals surface area contributed by atoms with Crippen LogP contribution in [0.2, 0.25) is 0 Å². The zero-order valence-electron chi connectivity index (χ0n) is 13.5. The third-order valence-electron chi connectivity index (χ3n) is 4.47. The van der Waals surface area contributed by atoms with Gasteiger partial charge in [0.25, 0.3) is 11.8 Å². The van der Waals surface area contributed by atoms with Gasteiger partial charge in [0.15, 0.2) is 0 Å². The molecule has 2 N–H and O–H groups in total. The molecule has 0 radical (unpaired) electrons. The molecule has 6 nitrogen and oxygen atoms in total. The Morgan fingerprint density at radius 1 is 1.30 bits per heavy atom. The highest BCUT2D eigenvalue weighted by Gasteiger charge is 2.34. The molecule has 0 aromatic carbocycles. The maximum absolute atomic E-state index is 12.9. The number of rotatable bonds is 3. The molecule has 2 aromatic rings. The van der Waals surface area contributed by atoms with Crippen molar-refractivity contribution in [1.82, 2.24) is 14.7 Å². The van der Waals surface area contributed by atoms with E-state index in [1.165, 1.54) is 0 Å². The van der Waals surface area contributed by atoms with Gasteiger partial charge in [-0.05, 0) is 38.8 Å². The molecule has 1 unspecified atom stereocenters. The van der Waals surface area contributed by atoms with Crippen molar-refractivity contribution in [3.05, 3.63) is 38.8 Å². The molecule has 1 atom stereocenters. The van der Waals surface area contributed by atoms with Gasteiger partial charge in [0.05, 0.1) is 21.5 Å². The Bertz CT molecular complexity index is 777.